The largest absolute Gasteiger partial charge is 0.494 e. The zero-order chi connectivity index (χ0) is 19.7. The van der Waals surface area contributed by atoms with Gasteiger partial charge in [-0.1, -0.05) is 30.3 Å². The maximum Gasteiger partial charge on any atom is 0.269 e. The standard InChI is InChI=1S/C19H18N2O6S/c22-21(23)15-6-8-16(9-7-15)28(24,25)20-17-10-11-27-18(19(17)20)13-26-12-14-4-2-1-3-5-14/h1-11,17-19H,12-13H2. The normalized spacial score (nSPS) is 25.6. The van der Waals surface area contributed by atoms with Crippen molar-refractivity contribution in [3.63, 3.8) is 0 Å². The van der Waals surface area contributed by atoms with Crippen LogP contribution in [0.1, 0.15) is 5.56 Å². The van der Waals surface area contributed by atoms with Gasteiger partial charge in [0.2, 0.25) is 10.0 Å². The lowest BCUT2D eigenvalue weighted by Gasteiger charge is -2.18. The van der Waals surface area contributed by atoms with Crippen molar-refractivity contribution < 1.29 is 22.8 Å². The van der Waals surface area contributed by atoms with Gasteiger partial charge in [-0.3, -0.25) is 10.1 Å². The molecule has 4 atom stereocenters. The van der Waals surface area contributed by atoms with Crippen molar-refractivity contribution in [1.29, 1.82) is 0 Å². The molecule has 2 aliphatic heterocycles. The SMILES string of the molecule is O=[N+]([O-])c1ccc(S(=O)(=O)N2C3C=COC(COCc4ccccc4)C32)cc1. The zero-order valence-corrected chi connectivity index (χ0v) is 15.6. The van der Waals surface area contributed by atoms with Crippen molar-refractivity contribution in [2.24, 2.45) is 0 Å². The summed E-state index contributed by atoms with van der Waals surface area (Å²) in [7, 11) is -3.78. The molecule has 2 heterocycles. The van der Waals surface area contributed by atoms with E-state index in [2.05, 4.69) is 0 Å². The molecule has 28 heavy (non-hydrogen) atoms. The molecule has 0 radical (unpaired) electrons. The summed E-state index contributed by atoms with van der Waals surface area (Å²) in [5.41, 5.74) is 0.870. The smallest absolute Gasteiger partial charge is 0.269 e. The van der Waals surface area contributed by atoms with Crippen LogP contribution >= 0.6 is 0 Å². The van der Waals surface area contributed by atoms with E-state index in [0.717, 1.165) is 5.56 Å². The number of non-ortho nitro benzene ring substituents is 1. The second kappa shape index (κ2) is 7.34. The van der Waals surface area contributed by atoms with Crippen LogP contribution in [0.3, 0.4) is 0 Å². The quantitative estimate of drug-likeness (QED) is 0.401. The highest BCUT2D eigenvalue weighted by atomic mass is 32.2. The molecule has 0 bridgehead atoms. The Balaban J connectivity index is 1.43. The highest BCUT2D eigenvalue weighted by Crippen LogP contribution is 2.42. The van der Waals surface area contributed by atoms with Gasteiger partial charge in [-0.2, -0.15) is 4.31 Å². The van der Waals surface area contributed by atoms with Gasteiger partial charge in [0.05, 0.1) is 41.4 Å². The van der Waals surface area contributed by atoms with Crippen molar-refractivity contribution in [3.05, 3.63) is 82.6 Å². The molecule has 146 valence electrons. The Bertz CT molecular complexity index is 991. The van der Waals surface area contributed by atoms with Gasteiger partial charge in [-0.15, -0.1) is 0 Å². The predicted molar refractivity (Wildman–Crippen MR) is 99.8 cm³/mol. The third kappa shape index (κ3) is 3.51. The fourth-order valence-electron chi connectivity index (χ4n) is 3.32. The molecule has 8 nitrogen and oxygen atoms in total. The number of hydrogen-bond acceptors (Lipinski definition) is 6. The van der Waals surface area contributed by atoms with E-state index in [0.29, 0.717) is 6.61 Å². The Morgan fingerprint density at radius 2 is 1.82 bits per heavy atom. The Morgan fingerprint density at radius 1 is 1.11 bits per heavy atom. The van der Waals surface area contributed by atoms with Crippen LogP contribution in [-0.2, 0) is 26.1 Å². The van der Waals surface area contributed by atoms with Gasteiger partial charge in [0.1, 0.15) is 6.10 Å². The minimum Gasteiger partial charge on any atom is -0.494 e. The number of nitro groups is 1. The van der Waals surface area contributed by atoms with Crippen LogP contribution < -0.4 is 0 Å². The third-order valence-electron chi connectivity index (χ3n) is 4.77. The van der Waals surface area contributed by atoms with Gasteiger partial charge in [0, 0.05) is 12.1 Å². The molecule has 0 aliphatic carbocycles. The predicted octanol–water partition coefficient (Wildman–Crippen LogP) is 2.47. The molecule has 0 spiro atoms. The van der Waals surface area contributed by atoms with Crippen LogP contribution in [0, 0.1) is 10.1 Å². The van der Waals surface area contributed by atoms with E-state index in [1.54, 1.807) is 6.08 Å². The second-order valence-electron chi connectivity index (χ2n) is 6.57. The molecule has 9 heteroatoms. The van der Waals surface area contributed by atoms with Crippen LogP contribution in [0.25, 0.3) is 0 Å². The lowest BCUT2D eigenvalue weighted by Crippen LogP contribution is -2.30. The topological polar surface area (TPSA) is 98.8 Å². The average molecular weight is 402 g/mol. The zero-order valence-electron chi connectivity index (χ0n) is 14.7. The van der Waals surface area contributed by atoms with Gasteiger partial charge in [-0.25, -0.2) is 8.42 Å². The molecule has 1 saturated heterocycles. The molecular weight excluding hydrogens is 384 g/mol. The van der Waals surface area contributed by atoms with Crippen LogP contribution in [-0.4, -0.2) is 42.4 Å². The fourth-order valence-corrected chi connectivity index (χ4v) is 5.09. The molecule has 4 unspecified atom stereocenters. The number of benzene rings is 2. The summed E-state index contributed by atoms with van der Waals surface area (Å²) in [5, 5.41) is 10.8. The van der Waals surface area contributed by atoms with Crippen LogP contribution in [0.15, 0.2) is 71.8 Å². The first-order valence-electron chi connectivity index (χ1n) is 8.70. The number of sulfonamides is 1. The summed E-state index contributed by atoms with van der Waals surface area (Å²) in [6, 6.07) is 13.9. The third-order valence-corrected chi connectivity index (χ3v) is 6.68. The van der Waals surface area contributed by atoms with Gasteiger partial charge in [-0.05, 0) is 23.8 Å². The molecule has 2 aromatic carbocycles. The number of nitrogens with zero attached hydrogens (tertiary/aromatic N) is 2. The van der Waals surface area contributed by atoms with Crippen molar-refractivity contribution in [2.75, 3.05) is 6.61 Å². The van der Waals surface area contributed by atoms with Crippen LogP contribution in [0.5, 0.6) is 0 Å². The van der Waals surface area contributed by atoms with E-state index in [-0.39, 0.29) is 29.3 Å². The molecule has 0 N–H and O–H groups in total. The van der Waals surface area contributed by atoms with Gasteiger partial charge >= 0.3 is 0 Å². The Labute approximate surface area is 162 Å². The highest BCUT2D eigenvalue weighted by molar-refractivity contribution is 7.89. The minimum atomic E-state index is -3.78. The van der Waals surface area contributed by atoms with Crippen molar-refractivity contribution in [2.45, 2.75) is 29.7 Å². The summed E-state index contributed by atoms with van der Waals surface area (Å²) in [6.45, 7) is 0.670. The molecule has 0 aromatic heterocycles. The number of rotatable bonds is 7. The maximum absolute atomic E-state index is 12.9. The maximum atomic E-state index is 12.9. The molecule has 0 amide bonds. The first-order valence-corrected chi connectivity index (χ1v) is 10.1. The second-order valence-corrected chi connectivity index (χ2v) is 8.41. The van der Waals surface area contributed by atoms with E-state index in [1.165, 1.54) is 34.8 Å². The Kier molecular flexibility index (Phi) is 4.88. The van der Waals surface area contributed by atoms with Gasteiger partial charge < -0.3 is 9.47 Å². The molecule has 2 aromatic rings. The van der Waals surface area contributed by atoms with Crippen molar-refractivity contribution in [1.82, 2.24) is 4.31 Å². The monoisotopic (exact) mass is 402 g/mol. The van der Waals surface area contributed by atoms with E-state index in [4.69, 9.17) is 9.47 Å². The van der Waals surface area contributed by atoms with Crippen LogP contribution in [0.2, 0.25) is 0 Å². The minimum absolute atomic E-state index is 0.0184. The number of nitro benzene ring substituents is 1. The summed E-state index contributed by atoms with van der Waals surface area (Å²) >= 11 is 0. The van der Waals surface area contributed by atoms with Gasteiger partial charge in [0.15, 0.2) is 0 Å². The number of fused-ring (bicyclic) bond motifs is 1. The fraction of sp³-hybridized carbons (Fsp3) is 0.263. The summed E-state index contributed by atoms with van der Waals surface area (Å²) in [5.74, 6) is 0. The molecule has 0 saturated carbocycles. The summed E-state index contributed by atoms with van der Waals surface area (Å²) < 4.78 is 38.5. The summed E-state index contributed by atoms with van der Waals surface area (Å²) in [6.07, 6.45) is 2.79. The van der Waals surface area contributed by atoms with E-state index < -0.39 is 21.1 Å². The first kappa shape index (κ1) is 18.6. The van der Waals surface area contributed by atoms with Crippen molar-refractivity contribution >= 4 is 15.7 Å². The Hall–Kier alpha value is -2.75. The van der Waals surface area contributed by atoms with E-state index in [1.807, 2.05) is 30.3 Å². The number of ether oxygens (including phenoxy) is 2. The van der Waals surface area contributed by atoms with Crippen LogP contribution in [0.4, 0.5) is 5.69 Å². The lowest BCUT2D eigenvalue weighted by molar-refractivity contribution is -0.384. The average Bonchev–Trinajstić information content (AvgIpc) is 3.45. The highest BCUT2D eigenvalue weighted by Gasteiger charge is 2.60. The van der Waals surface area contributed by atoms with Crippen molar-refractivity contribution in [3.8, 4) is 0 Å². The first-order chi connectivity index (χ1) is 13.5. The number of hydrogen-bond donors (Lipinski definition) is 0. The summed E-state index contributed by atoms with van der Waals surface area (Å²) in [4.78, 5) is 10.2. The van der Waals surface area contributed by atoms with Gasteiger partial charge in [0.25, 0.3) is 5.69 Å². The molecule has 1 fully saturated rings. The van der Waals surface area contributed by atoms with E-state index >= 15 is 0 Å². The van der Waals surface area contributed by atoms with E-state index in [9.17, 15) is 18.5 Å². The molecule has 4 rings (SSSR count). The Morgan fingerprint density at radius 3 is 2.50 bits per heavy atom. The lowest BCUT2D eigenvalue weighted by atomic mass is 10.2. The molecule has 2 aliphatic rings. The molecular formula is C19H18N2O6S.